The SMILES string of the molecule is CCC(CC)Nc1nc(Cc2cc(OC)c(OC)c(OC)c2)nc2sc(C#N)c(C)c12. The van der Waals surface area contributed by atoms with Crippen LogP contribution in [0.15, 0.2) is 12.1 Å². The average molecular weight is 441 g/mol. The summed E-state index contributed by atoms with van der Waals surface area (Å²) in [6.45, 7) is 6.26. The number of hydrogen-bond acceptors (Lipinski definition) is 8. The molecule has 0 bridgehead atoms. The molecule has 0 aliphatic heterocycles. The first-order valence-electron chi connectivity index (χ1n) is 10.2. The molecule has 0 saturated heterocycles. The number of nitrogens with zero attached hydrogens (tertiary/aromatic N) is 3. The molecule has 0 aliphatic carbocycles. The third-order valence-electron chi connectivity index (χ3n) is 5.35. The fraction of sp³-hybridized carbons (Fsp3) is 0.435. The third kappa shape index (κ3) is 4.52. The number of thiophene rings is 1. The average Bonchev–Trinajstić information content (AvgIpc) is 3.11. The van der Waals surface area contributed by atoms with Crippen LogP contribution < -0.4 is 19.5 Å². The van der Waals surface area contributed by atoms with E-state index < -0.39 is 0 Å². The number of rotatable bonds is 9. The van der Waals surface area contributed by atoms with Crippen LogP contribution in [0.3, 0.4) is 0 Å². The first kappa shape index (κ1) is 22.6. The predicted octanol–water partition coefficient (Wildman–Crippen LogP) is 5.09. The molecule has 31 heavy (non-hydrogen) atoms. The lowest BCUT2D eigenvalue weighted by Gasteiger charge is -2.17. The van der Waals surface area contributed by atoms with E-state index in [-0.39, 0.29) is 0 Å². The van der Waals surface area contributed by atoms with E-state index in [4.69, 9.17) is 24.2 Å². The van der Waals surface area contributed by atoms with E-state index in [0.29, 0.717) is 40.4 Å². The second kappa shape index (κ2) is 9.84. The third-order valence-corrected chi connectivity index (χ3v) is 6.44. The maximum absolute atomic E-state index is 9.51. The van der Waals surface area contributed by atoms with Crippen molar-refractivity contribution < 1.29 is 14.2 Å². The molecule has 3 aromatic rings. The van der Waals surface area contributed by atoms with Gasteiger partial charge in [0, 0.05) is 12.5 Å². The van der Waals surface area contributed by atoms with Gasteiger partial charge in [-0.2, -0.15) is 5.26 Å². The number of ether oxygens (including phenoxy) is 3. The summed E-state index contributed by atoms with van der Waals surface area (Å²) in [7, 11) is 4.77. The van der Waals surface area contributed by atoms with Gasteiger partial charge in [0.1, 0.15) is 27.4 Å². The zero-order valence-electron chi connectivity index (χ0n) is 18.8. The van der Waals surface area contributed by atoms with Crippen molar-refractivity contribution in [1.29, 1.82) is 5.26 Å². The lowest BCUT2D eigenvalue weighted by atomic mass is 10.1. The summed E-state index contributed by atoms with van der Waals surface area (Å²) in [5, 5.41) is 14.0. The van der Waals surface area contributed by atoms with E-state index in [0.717, 1.165) is 40.0 Å². The molecule has 7 nitrogen and oxygen atoms in total. The van der Waals surface area contributed by atoms with Crippen LogP contribution in [0.25, 0.3) is 10.2 Å². The molecule has 8 heteroatoms. The number of nitrogens with one attached hydrogen (secondary N) is 1. The Kier molecular flexibility index (Phi) is 7.18. The van der Waals surface area contributed by atoms with Crippen molar-refractivity contribution >= 4 is 27.4 Å². The number of nitriles is 1. The molecule has 0 aliphatic rings. The highest BCUT2D eigenvalue weighted by Gasteiger charge is 2.19. The fourth-order valence-electron chi connectivity index (χ4n) is 3.58. The van der Waals surface area contributed by atoms with Crippen LogP contribution >= 0.6 is 11.3 Å². The monoisotopic (exact) mass is 440 g/mol. The first-order valence-corrected chi connectivity index (χ1v) is 11.1. The van der Waals surface area contributed by atoms with Crippen LogP contribution in [0.4, 0.5) is 5.82 Å². The van der Waals surface area contributed by atoms with Crippen LogP contribution in [0.5, 0.6) is 17.2 Å². The normalized spacial score (nSPS) is 10.9. The van der Waals surface area contributed by atoms with Gasteiger partial charge in [-0.3, -0.25) is 0 Å². The largest absolute Gasteiger partial charge is 0.493 e. The Hall–Kier alpha value is -3.05. The zero-order valence-corrected chi connectivity index (χ0v) is 19.6. The van der Waals surface area contributed by atoms with Crippen LogP contribution in [0.1, 0.15) is 48.5 Å². The molecule has 0 radical (unpaired) electrons. The number of methoxy groups -OCH3 is 3. The Labute approximate surface area is 187 Å². The van der Waals surface area contributed by atoms with Crippen molar-refractivity contribution in [3.8, 4) is 23.3 Å². The smallest absolute Gasteiger partial charge is 0.203 e. The molecule has 0 unspecified atom stereocenters. The van der Waals surface area contributed by atoms with Gasteiger partial charge in [0.15, 0.2) is 11.5 Å². The van der Waals surface area contributed by atoms with E-state index in [1.807, 2.05) is 19.1 Å². The van der Waals surface area contributed by atoms with Crippen molar-refractivity contribution in [3.05, 3.63) is 34.0 Å². The van der Waals surface area contributed by atoms with Crippen LogP contribution in [0, 0.1) is 18.3 Å². The minimum atomic E-state index is 0.303. The zero-order chi connectivity index (χ0) is 22.5. The van der Waals surface area contributed by atoms with Gasteiger partial charge in [0.2, 0.25) is 5.75 Å². The molecular formula is C23H28N4O3S. The van der Waals surface area contributed by atoms with Gasteiger partial charge in [0.25, 0.3) is 0 Å². The molecule has 2 aromatic heterocycles. The number of fused-ring (bicyclic) bond motifs is 1. The maximum atomic E-state index is 9.51. The number of benzene rings is 1. The summed E-state index contributed by atoms with van der Waals surface area (Å²) in [6.07, 6.45) is 2.46. The Bertz CT molecular complexity index is 1090. The molecule has 0 spiro atoms. The van der Waals surface area contributed by atoms with Crippen molar-refractivity contribution in [2.24, 2.45) is 0 Å². The topological polar surface area (TPSA) is 89.3 Å². The Morgan fingerprint density at radius 2 is 1.71 bits per heavy atom. The first-order chi connectivity index (χ1) is 15.0. The van der Waals surface area contributed by atoms with Crippen LogP contribution in [-0.2, 0) is 6.42 Å². The molecular weight excluding hydrogens is 412 g/mol. The van der Waals surface area contributed by atoms with E-state index in [1.54, 1.807) is 21.3 Å². The summed E-state index contributed by atoms with van der Waals surface area (Å²) in [4.78, 5) is 11.1. The quantitative estimate of drug-likeness (QED) is 0.496. The van der Waals surface area contributed by atoms with E-state index >= 15 is 0 Å². The van der Waals surface area contributed by atoms with Crippen molar-refractivity contribution in [3.63, 3.8) is 0 Å². The molecule has 0 atom stereocenters. The van der Waals surface area contributed by atoms with Gasteiger partial charge in [-0.15, -0.1) is 11.3 Å². The van der Waals surface area contributed by atoms with E-state index in [1.165, 1.54) is 11.3 Å². The van der Waals surface area contributed by atoms with E-state index in [2.05, 4.69) is 25.2 Å². The van der Waals surface area contributed by atoms with Gasteiger partial charge < -0.3 is 19.5 Å². The van der Waals surface area contributed by atoms with Gasteiger partial charge in [-0.05, 0) is 43.0 Å². The summed E-state index contributed by atoms with van der Waals surface area (Å²) in [6, 6.07) is 6.40. The summed E-state index contributed by atoms with van der Waals surface area (Å²) >= 11 is 1.40. The van der Waals surface area contributed by atoms with Crippen LogP contribution in [-0.4, -0.2) is 37.3 Å². The standard InChI is InChI=1S/C23H28N4O3S/c1-7-15(8-2)25-22-20-13(3)18(12-24)31-23(20)27-19(26-22)11-14-9-16(28-4)21(30-6)17(10-14)29-5/h9-10,15H,7-8,11H2,1-6H3,(H,25,26,27). The highest BCUT2D eigenvalue weighted by atomic mass is 32.1. The summed E-state index contributed by atoms with van der Waals surface area (Å²) in [5.74, 6) is 3.19. The molecule has 164 valence electrons. The minimum Gasteiger partial charge on any atom is -0.493 e. The van der Waals surface area contributed by atoms with Gasteiger partial charge in [-0.1, -0.05) is 13.8 Å². The number of hydrogen-bond donors (Lipinski definition) is 1. The van der Waals surface area contributed by atoms with Crippen LogP contribution in [0.2, 0.25) is 0 Å². The van der Waals surface area contributed by atoms with Crippen molar-refractivity contribution in [2.45, 2.75) is 46.1 Å². The molecule has 1 N–H and O–H groups in total. The second-order valence-electron chi connectivity index (χ2n) is 7.20. The van der Waals surface area contributed by atoms with E-state index in [9.17, 15) is 5.26 Å². The number of anilines is 1. The predicted molar refractivity (Wildman–Crippen MR) is 124 cm³/mol. The highest BCUT2D eigenvalue weighted by Crippen LogP contribution is 2.39. The summed E-state index contributed by atoms with van der Waals surface area (Å²) in [5.41, 5.74) is 1.87. The van der Waals surface area contributed by atoms with Gasteiger partial charge in [0.05, 0.1) is 26.7 Å². The molecule has 0 amide bonds. The minimum absolute atomic E-state index is 0.303. The van der Waals surface area contributed by atoms with Gasteiger partial charge >= 0.3 is 0 Å². The Balaban J connectivity index is 2.10. The molecule has 2 heterocycles. The molecule has 0 saturated carbocycles. The Morgan fingerprint density at radius 1 is 1.06 bits per heavy atom. The lowest BCUT2D eigenvalue weighted by Crippen LogP contribution is -2.19. The van der Waals surface area contributed by atoms with Crippen molar-refractivity contribution in [1.82, 2.24) is 9.97 Å². The maximum Gasteiger partial charge on any atom is 0.203 e. The fourth-order valence-corrected chi connectivity index (χ4v) is 4.58. The number of aryl methyl sites for hydroxylation is 1. The summed E-state index contributed by atoms with van der Waals surface area (Å²) < 4.78 is 16.4. The molecule has 3 rings (SSSR count). The van der Waals surface area contributed by atoms with Gasteiger partial charge in [-0.25, -0.2) is 9.97 Å². The second-order valence-corrected chi connectivity index (χ2v) is 8.20. The number of aromatic nitrogens is 2. The molecule has 0 fully saturated rings. The Morgan fingerprint density at radius 3 is 2.23 bits per heavy atom. The highest BCUT2D eigenvalue weighted by molar-refractivity contribution is 7.19. The van der Waals surface area contributed by atoms with Crippen molar-refractivity contribution in [2.75, 3.05) is 26.6 Å². The lowest BCUT2D eigenvalue weighted by molar-refractivity contribution is 0.324. The molecule has 1 aromatic carbocycles.